The summed E-state index contributed by atoms with van der Waals surface area (Å²) in [6.45, 7) is 4.33. The third-order valence-electron chi connectivity index (χ3n) is 3.36. The van der Waals surface area contributed by atoms with Crippen molar-refractivity contribution in [3.8, 4) is 11.5 Å². The van der Waals surface area contributed by atoms with Gasteiger partial charge in [0, 0.05) is 12.7 Å². The quantitative estimate of drug-likeness (QED) is 0.653. The minimum atomic E-state index is 0.288. The molecule has 0 unspecified atom stereocenters. The number of rotatable bonds is 5. The second-order valence-electron chi connectivity index (χ2n) is 5.06. The number of nitrogens with one attached hydrogen (secondary N) is 2. The molecule has 0 aliphatic carbocycles. The van der Waals surface area contributed by atoms with Crippen molar-refractivity contribution >= 4 is 5.96 Å². The lowest BCUT2D eigenvalue weighted by Gasteiger charge is -2.11. The molecule has 2 aromatic rings. The molecule has 1 aromatic carbocycles. The van der Waals surface area contributed by atoms with Gasteiger partial charge in [-0.1, -0.05) is 12.1 Å². The molecule has 23 heavy (non-hydrogen) atoms. The maximum absolute atomic E-state index is 5.39. The van der Waals surface area contributed by atoms with Crippen LogP contribution in [0.1, 0.15) is 18.2 Å². The van der Waals surface area contributed by atoms with E-state index in [4.69, 9.17) is 9.47 Å². The molecule has 6 nitrogen and oxygen atoms in total. The molecule has 0 saturated carbocycles. The maximum atomic E-state index is 5.39. The number of aliphatic imine (C=N–C) groups is 1. The highest BCUT2D eigenvalue weighted by Crippen LogP contribution is 2.32. The molecular weight excluding hydrogens is 292 g/mol. The second kappa shape index (κ2) is 7.49. The summed E-state index contributed by atoms with van der Waals surface area (Å²) in [5.41, 5.74) is 2.05. The molecule has 2 N–H and O–H groups in total. The van der Waals surface area contributed by atoms with Gasteiger partial charge in [0.15, 0.2) is 17.5 Å². The van der Waals surface area contributed by atoms with E-state index in [1.54, 1.807) is 6.20 Å². The average molecular weight is 312 g/mol. The molecule has 0 saturated heterocycles. The predicted molar refractivity (Wildman–Crippen MR) is 88.5 cm³/mol. The zero-order chi connectivity index (χ0) is 15.9. The van der Waals surface area contributed by atoms with Gasteiger partial charge in [-0.2, -0.15) is 0 Å². The van der Waals surface area contributed by atoms with Gasteiger partial charge in [-0.3, -0.25) is 4.98 Å². The van der Waals surface area contributed by atoms with Gasteiger partial charge in [-0.05, 0) is 36.8 Å². The molecule has 0 fully saturated rings. The number of ether oxygens (including phenoxy) is 2. The van der Waals surface area contributed by atoms with E-state index in [0.29, 0.717) is 13.1 Å². The minimum Gasteiger partial charge on any atom is -0.454 e. The molecule has 1 aliphatic heterocycles. The van der Waals surface area contributed by atoms with Crippen molar-refractivity contribution in [2.45, 2.75) is 20.0 Å². The van der Waals surface area contributed by atoms with Gasteiger partial charge >= 0.3 is 0 Å². The first-order chi connectivity index (χ1) is 11.3. The molecule has 0 bridgehead atoms. The Labute approximate surface area is 135 Å². The zero-order valence-electron chi connectivity index (χ0n) is 13.1. The monoisotopic (exact) mass is 312 g/mol. The zero-order valence-corrected chi connectivity index (χ0v) is 13.1. The number of benzene rings is 1. The Morgan fingerprint density at radius 1 is 1.17 bits per heavy atom. The van der Waals surface area contributed by atoms with Crippen LogP contribution in [0.4, 0.5) is 0 Å². The summed E-state index contributed by atoms with van der Waals surface area (Å²) in [6.07, 6.45) is 1.79. The Morgan fingerprint density at radius 3 is 2.91 bits per heavy atom. The van der Waals surface area contributed by atoms with E-state index in [1.807, 2.05) is 43.3 Å². The van der Waals surface area contributed by atoms with Gasteiger partial charge < -0.3 is 20.1 Å². The van der Waals surface area contributed by atoms with Gasteiger partial charge in [-0.15, -0.1) is 0 Å². The molecule has 2 heterocycles. The number of pyridine rings is 1. The van der Waals surface area contributed by atoms with Crippen molar-refractivity contribution in [1.82, 2.24) is 15.6 Å². The summed E-state index contributed by atoms with van der Waals surface area (Å²) >= 11 is 0. The van der Waals surface area contributed by atoms with Crippen LogP contribution in [0.5, 0.6) is 11.5 Å². The van der Waals surface area contributed by atoms with E-state index in [2.05, 4.69) is 20.6 Å². The van der Waals surface area contributed by atoms with Gasteiger partial charge in [0.1, 0.15) is 0 Å². The highest BCUT2D eigenvalue weighted by molar-refractivity contribution is 5.79. The number of fused-ring (bicyclic) bond motifs is 1. The number of hydrogen-bond acceptors (Lipinski definition) is 4. The predicted octanol–water partition coefficient (Wildman–Crippen LogP) is 2.07. The molecule has 1 aliphatic rings. The molecule has 0 amide bonds. The summed E-state index contributed by atoms with van der Waals surface area (Å²) in [5, 5.41) is 6.51. The van der Waals surface area contributed by atoms with E-state index < -0.39 is 0 Å². The summed E-state index contributed by atoms with van der Waals surface area (Å²) in [5.74, 6) is 2.33. The van der Waals surface area contributed by atoms with Crippen molar-refractivity contribution in [1.29, 1.82) is 0 Å². The lowest BCUT2D eigenvalue weighted by molar-refractivity contribution is 0.174. The highest BCUT2D eigenvalue weighted by Gasteiger charge is 2.12. The smallest absolute Gasteiger partial charge is 0.231 e. The van der Waals surface area contributed by atoms with Crippen molar-refractivity contribution in [2.75, 3.05) is 13.3 Å². The fourth-order valence-corrected chi connectivity index (χ4v) is 2.23. The Kier molecular flexibility index (Phi) is 4.93. The normalized spacial score (nSPS) is 13.0. The van der Waals surface area contributed by atoms with Gasteiger partial charge in [0.2, 0.25) is 6.79 Å². The first kappa shape index (κ1) is 15.1. The molecule has 120 valence electrons. The first-order valence-corrected chi connectivity index (χ1v) is 7.66. The lowest BCUT2D eigenvalue weighted by atomic mass is 10.2. The van der Waals surface area contributed by atoms with Crippen LogP contribution in [0.2, 0.25) is 0 Å². The van der Waals surface area contributed by atoms with Crippen molar-refractivity contribution in [2.24, 2.45) is 4.99 Å². The Morgan fingerprint density at radius 2 is 2.09 bits per heavy atom. The van der Waals surface area contributed by atoms with Crippen LogP contribution < -0.4 is 20.1 Å². The second-order valence-corrected chi connectivity index (χ2v) is 5.06. The number of nitrogens with zero attached hydrogens (tertiary/aromatic N) is 2. The molecule has 3 rings (SSSR count). The van der Waals surface area contributed by atoms with E-state index >= 15 is 0 Å². The Hall–Kier alpha value is -2.76. The van der Waals surface area contributed by atoms with Crippen molar-refractivity contribution in [3.05, 3.63) is 53.9 Å². The van der Waals surface area contributed by atoms with Crippen LogP contribution in [0.3, 0.4) is 0 Å². The van der Waals surface area contributed by atoms with Crippen LogP contribution in [-0.4, -0.2) is 24.3 Å². The minimum absolute atomic E-state index is 0.288. The third-order valence-corrected chi connectivity index (χ3v) is 3.36. The Bertz CT molecular complexity index is 674. The number of hydrogen-bond donors (Lipinski definition) is 2. The molecular formula is C17H20N4O2. The average Bonchev–Trinajstić information content (AvgIpc) is 3.06. The SMILES string of the molecule is CCNC(=NCc1ccc2c(c1)OCO2)NCc1ccccn1. The third kappa shape index (κ3) is 4.12. The van der Waals surface area contributed by atoms with Crippen LogP contribution in [-0.2, 0) is 13.1 Å². The highest BCUT2D eigenvalue weighted by atomic mass is 16.7. The fraction of sp³-hybridized carbons (Fsp3) is 0.294. The molecule has 0 radical (unpaired) electrons. The standard InChI is InChI=1S/C17H20N4O2/c1-2-18-17(21-11-14-5-3-4-8-19-14)20-10-13-6-7-15-16(9-13)23-12-22-15/h3-9H,2,10-12H2,1H3,(H2,18,20,21). The van der Waals surface area contributed by atoms with E-state index in [9.17, 15) is 0 Å². The summed E-state index contributed by atoms with van der Waals surface area (Å²) in [7, 11) is 0. The fourth-order valence-electron chi connectivity index (χ4n) is 2.23. The molecule has 0 spiro atoms. The first-order valence-electron chi connectivity index (χ1n) is 7.66. The molecule has 0 atom stereocenters. The summed E-state index contributed by atoms with van der Waals surface area (Å²) in [6, 6.07) is 11.7. The molecule has 1 aromatic heterocycles. The van der Waals surface area contributed by atoms with E-state index in [-0.39, 0.29) is 6.79 Å². The topological polar surface area (TPSA) is 67.8 Å². The summed E-state index contributed by atoms with van der Waals surface area (Å²) in [4.78, 5) is 8.89. The van der Waals surface area contributed by atoms with Crippen LogP contribution in [0.15, 0.2) is 47.6 Å². The Balaban J connectivity index is 1.62. The van der Waals surface area contributed by atoms with Crippen LogP contribution in [0.25, 0.3) is 0 Å². The van der Waals surface area contributed by atoms with Crippen molar-refractivity contribution < 1.29 is 9.47 Å². The van der Waals surface area contributed by atoms with Gasteiger partial charge in [0.05, 0.1) is 18.8 Å². The van der Waals surface area contributed by atoms with Crippen LogP contribution in [0, 0.1) is 0 Å². The van der Waals surface area contributed by atoms with Gasteiger partial charge in [0.25, 0.3) is 0 Å². The van der Waals surface area contributed by atoms with Crippen molar-refractivity contribution in [3.63, 3.8) is 0 Å². The van der Waals surface area contributed by atoms with Gasteiger partial charge in [-0.25, -0.2) is 4.99 Å². The van der Waals surface area contributed by atoms with E-state index in [1.165, 1.54) is 0 Å². The number of guanidine groups is 1. The molecule has 6 heteroatoms. The van der Waals surface area contributed by atoms with E-state index in [0.717, 1.165) is 35.3 Å². The van der Waals surface area contributed by atoms with Crippen LogP contribution >= 0.6 is 0 Å². The maximum Gasteiger partial charge on any atom is 0.231 e. The summed E-state index contributed by atoms with van der Waals surface area (Å²) < 4.78 is 10.7. The lowest BCUT2D eigenvalue weighted by Crippen LogP contribution is -2.36. The largest absolute Gasteiger partial charge is 0.454 e. The number of aromatic nitrogens is 1.